The van der Waals surface area contributed by atoms with Gasteiger partial charge in [0.25, 0.3) is 0 Å². The van der Waals surface area contributed by atoms with Gasteiger partial charge >= 0.3 is 0 Å². The highest BCUT2D eigenvalue weighted by Gasteiger charge is 2.07. The highest BCUT2D eigenvalue weighted by Crippen LogP contribution is 2.26. The molecule has 0 unspecified atom stereocenters. The van der Waals surface area contributed by atoms with Crippen LogP contribution in [-0.4, -0.2) is 11.5 Å². The third kappa shape index (κ3) is 4.05. The van der Waals surface area contributed by atoms with Crippen LogP contribution in [0, 0.1) is 13.8 Å². The van der Waals surface area contributed by atoms with Crippen LogP contribution in [0.25, 0.3) is 0 Å². The third-order valence-corrected chi connectivity index (χ3v) is 3.63. The predicted octanol–water partition coefficient (Wildman–Crippen LogP) is 4.16. The van der Waals surface area contributed by atoms with Crippen LogP contribution in [0.1, 0.15) is 36.2 Å². The van der Waals surface area contributed by atoms with Crippen molar-refractivity contribution in [2.24, 2.45) is 0 Å². The van der Waals surface area contributed by atoms with Gasteiger partial charge in [0, 0.05) is 18.3 Å². The average molecular weight is 284 g/mol. The largest absolute Gasteiger partial charge is 0.439 e. The second-order valence-electron chi connectivity index (χ2n) is 5.24. The van der Waals surface area contributed by atoms with E-state index in [9.17, 15) is 0 Å². The fourth-order valence-corrected chi connectivity index (χ4v) is 2.17. The van der Waals surface area contributed by atoms with Crippen LogP contribution in [0.4, 0.5) is 0 Å². The summed E-state index contributed by atoms with van der Waals surface area (Å²) < 4.78 is 6.01. The number of nitrogens with zero attached hydrogens (tertiary/aromatic N) is 1. The third-order valence-electron chi connectivity index (χ3n) is 3.63. The first-order valence-corrected chi connectivity index (χ1v) is 7.58. The van der Waals surface area contributed by atoms with Crippen molar-refractivity contribution < 1.29 is 4.74 Å². The molecule has 2 aromatic rings. The van der Waals surface area contributed by atoms with Gasteiger partial charge in [0.05, 0.1) is 0 Å². The Labute approximate surface area is 127 Å². The molecule has 3 nitrogen and oxygen atoms in total. The molecule has 112 valence electrons. The van der Waals surface area contributed by atoms with Crippen molar-refractivity contribution in [2.45, 2.75) is 40.7 Å². The van der Waals surface area contributed by atoms with Crippen molar-refractivity contribution in [3.05, 3.63) is 52.7 Å². The molecule has 0 aliphatic heterocycles. The molecule has 0 fully saturated rings. The Balaban J connectivity index is 2.28. The van der Waals surface area contributed by atoms with Gasteiger partial charge < -0.3 is 10.1 Å². The topological polar surface area (TPSA) is 34.2 Å². The monoisotopic (exact) mass is 284 g/mol. The molecule has 2 rings (SSSR count). The van der Waals surface area contributed by atoms with E-state index in [0.717, 1.165) is 36.5 Å². The van der Waals surface area contributed by atoms with Crippen LogP contribution in [0.5, 0.6) is 11.6 Å². The van der Waals surface area contributed by atoms with Crippen molar-refractivity contribution in [2.75, 3.05) is 6.54 Å². The first-order chi connectivity index (χ1) is 10.1. The summed E-state index contributed by atoms with van der Waals surface area (Å²) in [7, 11) is 0. The van der Waals surface area contributed by atoms with Crippen LogP contribution in [0.15, 0.2) is 30.3 Å². The fourth-order valence-electron chi connectivity index (χ4n) is 2.17. The van der Waals surface area contributed by atoms with Gasteiger partial charge in [-0.25, -0.2) is 4.98 Å². The second-order valence-corrected chi connectivity index (χ2v) is 5.24. The highest BCUT2D eigenvalue weighted by atomic mass is 16.5. The minimum absolute atomic E-state index is 0.677. The Hall–Kier alpha value is -1.87. The minimum Gasteiger partial charge on any atom is -0.439 e. The summed E-state index contributed by atoms with van der Waals surface area (Å²) >= 11 is 0. The molecule has 0 bridgehead atoms. The lowest BCUT2D eigenvalue weighted by molar-refractivity contribution is 0.456. The predicted molar refractivity (Wildman–Crippen MR) is 87.0 cm³/mol. The number of aromatic nitrogens is 1. The maximum Gasteiger partial charge on any atom is 0.219 e. The van der Waals surface area contributed by atoms with Gasteiger partial charge in [-0.3, -0.25) is 0 Å². The summed E-state index contributed by atoms with van der Waals surface area (Å²) in [4.78, 5) is 4.58. The molecule has 0 saturated heterocycles. The smallest absolute Gasteiger partial charge is 0.219 e. The normalized spacial score (nSPS) is 10.7. The van der Waals surface area contributed by atoms with Crippen molar-refractivity contribution in [1.82, 2.24) is 10.3 Å². The van der Waals surface area contributed by atoms with E-state index < -0.39 is 0 Å². The van der Waals surface area contributed by atoms with Gasteiger partial charge in [-0.05, 0) is 55.6 Å². The summed E-state index contributed by atoms with van der Waals surface area (Å²) in [5, 5.41) is 3.34. The highest BCUT2D eigenvalue weighted by molar-refractivity contribution is 5.40. The summed E-state index contributed by atoms with van der Waals surface area (Å²) in [6.45, 7) is 10.2. The van der Waals surface area contributed by atoms with Crippen LogP contribution in [0.2, 0.25) is 0 Å². The molecule has 21 heavy (non-hydrogen) atoms. The van der Waals surface area contributed by atoms with Crippen molar-refractivity contribution in [3.63, 3.8) is 0 Å². The van der Waals surface area contributed by atoms with Crippen molar-refractivity contribution in [3.8, 4) is 11.6 Å². The van der Waals surface area contributed by atoms with E-state index >= 15 is 0 Å². The molecular weight excluding hydrogens is 260 g/mol. The molecule has 0 atom stereocenters. The lowest BCUT2D eigenvalue weighted by atomic mass is 10.1. The van der Waals surface area contributed by atoms with Gasteiger partial charge in [-0.15, -0.1) is 0 Å². The number of hydrogen-bond acceptors (Lipinski definition) is 3. The Morgan fingerprint density at radius 3 is 2.67 bits per heavy atom. The van der Waals surface area contributed by atoms with E-state index in [1.807, 2.05) is 18.2 Å². The number of benzene rings is 1. The first-order valence-electron chi connectivity index (χ1n) is 7.58. The molecule has 1 aromatic carbocycles. The Bertz CT molecular complexity index is 608. The van der Waals surface area contributed by atoms with E-state index in [4.69, 9.17) is 4.74 Å². The molecule has 0 spiro atoms. The molecule has 0 aliphatic rings. The number of nitrogens with one attached hydrogen (secondary N) is 1. The van der Waals surface area contributed by atoms with Gasteiger partial charge in [-0.1, -0.05) is 26.0 Å². The lowest BCUT2D eigenvalue weighted by Crippen LogP contribution is -2.12. The first kappa shape index (κ1) is 15.5. The molecule has 0 saturated carbocycles. The van der Waals surface area contributed by atoms with Crippen molar-refractivity contribution in [1.29, 1.82) is 0 Å². The maximum absolute atomic E-state index is 6.01. The zero-order valence-corrected chi connectivity index (χ0v) is 13.4. The lowest BCUT2D eigenvalue weighted by Gasteiger charge is -2.12. The number of rotatable bonds is 6. The quantitative estimate of drug-likeness (QED) is 0.864. The SMILES string of the molecule is CCNCc1cc(CC)nc(Oc2cccc(C)c2C)c1. The van der Waals surface area contributed by atoms with Crippen LogP contribution >= 0.6 is 0 Å². The van der Waals surface area contributed by atoms with Gasteiger partial charge in [0.2, 0.25) is 5.88 Å². The Morgan fingerprint density at radius 2 is 1.95 bits per heavy atom. The molecular formula is C18H24N2O. The molecule has 1 N–H and O–H groups in total. The number of pyridine rings is 1. The van der Waals surface area contributed by atoms with E-state index in [1.165, 1.54) is 11.1 Å². The average Bonchev–Trinajstić information content (AvgIpc) is 2.49. The zero-order valence-electron chi connectivity index (χ0n) is 13.4. The molecule has 0 aliphatic carbocycles. The van der Waals surface area contributed by atoms with Crippen LogP contribution < -0.4 is 10.1 Å². The molecule has 3 heteroatoms. The molecule has 0 amide bonds. The summed E-state index contributed by atoms with van der Waals surface area (Å²) in [6, 6.07) is 10.3. The van der Waals surface area contributed by atoms with Gasteiger partial charge in [-0.2, -0.15) is 0 Å². The maximum atomic E-state index is 6.01. The summed E-state index contributed by atoms with van der Waals surface area (Å²) in [5.74, 6) is 1.56. The number of hydrogen-bond donors (Lipinski definition) is 1. The number of aryl methyl sites for hydroxylation is 2. The van der Waals surface area contributed by atoms with E-state index in [-0.39, 0.29) is 0 Å². The van der Waals surface area contributed by atoms with Crippen LogP contribution in [-0.2, 0) is 13.0 Å². The molecule has 1 aromatic heterocycles. The number of ether oxygens (including phenoxy) is 1. The Kier molecular flexibility index (Phi) is 5.34. The fraction of sp³-hybridized carbons (Fsp3) is 0.389. The van der Waals surface area contributed by atoms with E-state index in [0.29, 0.717) is 5.88 Å². The standard InChI is InChI=1S/C18H24N2O/c1-5-16-10-15(12-19-6-2)11-18(20-16)21-17-9-7-8-13(3)14(17)4/h7-11,19H,5-6,12H2,1-4H3. The van der Waals surface area contributed by atoms with Crippen LogP contribution in [0.3, 0.4) is 0 Å². The summed E-state index contributed by atoms with van der Waals surface area (Å²) in [5.41, 5.74) is 4.66. The molecule has 0 radical (unpaired) electrons. The van der Waals surface area contributed by atoms with E-state index in [1.54, 1.807) is 0 Å². The Morgan fingerprint density at radius 1 is 1.14 bits per heavy atom. The summed E-state index contributed by atoms with van der Waals surface area (Å²) in [6.07, 6.45) is 0.906. The second kappa shape index (κ2) is 7.23. The van der Waals surface area contributed by atoms with E-state index in [2.05, 4.69) is 50.1 Å². The molecule has 1 heterocycles. The zero-order chi connectivity index (χ0) is 15.2. The van der Waals surface area contributed by atoms with Crippen molar-refractivity contribution >= 4 is 0 Å². The van der Waals surface area contributed by atoms with Gasteiger partial charge in [0.15, 0.2) is 0 Å². The minimum atomic E-state index is 0.677. The van der Waals surface area contributed by atoms with Gasteiger partial charge in [0.1, 0.15) is 5.75 Å².